The van der Waals surface area contributed by atoms with Crippen LogP contribution in [0.5, 0.6) is 0 Å². The lowest BCUT2D eigenvalue weighted by Crippen LogP contribution is -2.38. The number of halogens is 2. The molecule has 1 unspecified atom stereocenters. The number of imidazole rings is 1. The second-order valence-electron chi connectivity index (χ2n) is 5.52. The summed E-state index contributed by atoms with van der Waals surface area (Å²) in [7, 11) is 0. The lowest BCUT2D eigenvalue weighted by Gasteiger charge is -2.41. The molecular weight excluding hydrogens is 311 g/mol. The van der Waals surface area contributed by atoms with Gasteiger partial charge in [-0.05, 0) is 38.2 Å². The highest BCUT2D eigenvalue weighted by atomic mass is 35.5. The molecule has 0 amide bonds. The van der Waals surface area contributed by atoms with Crippen molar-refractivity contribution in [2.45, 2.75) is 42.9 Å². The molecule has 1 aromatic carbocycles. The lowest BCUT2D eigenvalue weighted by molar-refractivity contribution is 0.321. The van der Waals surface area contributed by atoms with Crippen molar-refractivity contribution in [2.75, 3.05) is 6.26 Å². The molecule has 1 saturated carbocycles. The van der Waals surface area contributed by atoms with Crippen molar-refractivity contribution in [3.63, 3.8) is 0 Å². The average molecular weight is 329 g/mol. The molecule has 2 aromatic rings. The normalized spacial score (nSPS) is 19.0. The highest BCUT2D eigenvalue weighted by Gasteiger charge is 2.37. The first-order valence-electron chi connectivity index (χ1n) is 6.90. The topological polar surface area (TPSA) is 17.8 Å². The van der Waals surface area contributed by atoms with Gasteiger partial charge in [-0.3, -0.25) is 0 Å². The summed E-state index contributed by atoms with van der Waals surface area (Å²) >= 11 is 14.6. The van der Waals surface area contributed by atoms with Crippen LogP contribution in [-0.2, 0) is 6.54 Å². The number of fused-ring (bicyclic) bond motifs is 1. The highest BCUT2D eigenvalue weighted by molar-refractivity contribution is 8.00. The van der Waals surface area contributed by atoms with E-state index in [-0.39, 0.29) is 5.38 Å². The predicted octanol–water partition coefficient (Wildman–Crippen LogP) is 5.28. The van der Waals surface area contributed by atoms with Crippen LogP contribution in [0.3, 0.4) is 0 Å². The molecule has 0 spiro atoms. The van der Waals surface area contributed by atoms with E-state index in [0.717, 1.165) is 23.4 Å². The standard InChI is InChI=1S/C15H18Cl2N2S/c1-10(16)14-18-13-11(17)5-3-6-12(13)19(14)9-15(20-2)7-4-8-15/h3,5-6,10H,4,7-9H2,1-2H3. The van der Waals surface area contributed by atoms with Crippen molar-refractivity contribution in [3.8, 4) is 0 Å². The van der Waals surface area contributed by atoms with E-state index >= 15 is 0 Å². The number of para-hydroxylation sites is 1. The van der Waals surface area contributed by atoms with Gasteiger partial charge in [-0.15, -0.1) is 11.6 Å². The van der Waals surface area contributed by atoms with Gasteiger partial charge in [0.05, 0.1) is 15.9 Å². The number of aromatic nitrogens is 2. The summed E-state index contributed by atoms with van der Waals surface area (Å²) in [5, 5.41) is 0.587. The Morgan fingerprint density at radius 3 is 2.75 bits per heavy atom. The van der Waals surface area contributed by atoms with Gasteiger partial charge in [-0.2, -0.15) is 11.8 Å². The quantitative estimate of drug-likeness (QED) is 0.711. The van der Waals surface area contributed by atoms with Crippen LogP contribution in [0.25, 0.3) is 11.0 Å². The minimum atomic E-state index is -0.113. The van der Waals surface area contributed by atoms with Crippen LogP contribution in [0.15, 0.2) is 18.2 Å². The van der Waals surface area contributed by atoms with Crippen LogP contribution in [0.4, 0.5) is 0 Å². The molecule has 1 heterocycles. The Bertz CT molecular complexity index is 627. The van der Waals surface area contributed by atoms with Gasteiger partial charge in [0, 0.05) is 11.3 Å². The highest BCUT2D eigenvalue weighted by Crippen LogP contribution is 2.45. The number of hydrogen-bond acceptors (Lipinski definition) is 2. The fraction of sp³-hybridized carbons (Fsp3) is 0.533. The van der Waals surface area contributed by atoms with Gasteiger partial charge in [-0.25, -0.2) is 4.98 Å². The van der Waals surface area contributed by atoms with E-state index in [1.807, 2.05) is 30.8 Å². The van der Waals surface area contributed by atoms with E-state index in [0.29, 0.717) is 9.77 Å². The summed E-state index contributed by atoms with van der Waals surface area (Å²) < 4.78 is 2.62. The van der Waals surface area contributed by atoms with Crippen LogP contribution < -0.4 is 0 Å². The third kappa shape index (κ3) is 2.34. The largest absolute Gasteiger partial charge is 0.325 e. The zero-order chi connectivity index (χ0) is 14.3. The van der Waals surface area contributed by atoms with Gasteiger partial charge in [0.25, 0.3) is 0 Å². The summed E-state index contributed by atoms with van der Waals surface area (Å²) in [6.45, 7) is 2.94. The number of hydrogen-bond donors (Lipinski definition) is 0. The fourth-order valence-electron chi connectivity index (χ4n) is 2.89. The van der Waals surface area contributed by atoms with Gasteiger partial charge >= 0.3 is 0 Å². The Kier molecular flexibility index (Phi) is 3.95. The smallest absolute Gasteiger partial charge is 0.127 e. The molecule has 2 nitrogen and oxygen atoms in total. The minimum Gasteiger partial charge on any atom is -0.325 e. The molecule has 0 saturated heterocycles. The molecule has 108 valence electrons. The summed E-state index contributed by atoms with van der Waals surface area (Å²) in [6, 6.07) is 5.96. The molecule has 0 aliphatic heterocycles. The third-order valence-corrected chi connectivity index (χ3v) is 6.16. The zero-order valence-electron chi connectivity index (χ0n) is 11.7. The fourth-order valence-corrected chi connectivity index (χ4v) is 4.22. The maximum atomic E-state index is 6.33. The first kappa shape index (κ1) is 14.6. The predicted molar refractivity (Wildman–Crippen MR) is 89.1 cm³/mol. The molecule has 5 heteroatoms. The molecule has 1 aromatic heterocycles. The summed E-state index contributed by atoms with van der Waals surface area (Å²) in [6.07, 6.45) is 6.06. The first-order valence-corrected chi connectivity index (χ1v) is 8.94. The second-order valence-corrected chi connectivity index (χ2v) is 7.86. The second kappa shape index (κ2) is 5.43. The number of thioether (sulfide) groups is 1. The van der Waals surface area contributed by atoms with E-state index in [4.69, 9.17) is 23.2 Å². The SMILES string of the molecule is CSC1(Cn2c(C(C)Cl)nc3c(Cl)cccc32)CCC1. The van der Waals surface area contributed by atoms with Crippen molar-refractivity contribution in [1.82, 2.24) is 9.55 Å². The lowest BCUT2D eigenvalue weighted by atomic mass is 9.84. The van der Waals surface area contributed by atoms with Crippen molar-refractivity contribution in [1.29, 1.82) is 0 Å². The monoisotopic (exact) mass is 328 g/mol. The van der Waals surface area contributed by atoms with Gasteiger partial charge in [-0.1, -0.05) is 24.1 Å². The molecule has 1 aliphatic rings. The molecule has 3 rings (SSSR count). The maximum Gasteiger partial charge on any atom is 0.127 e. The van der Waals surface area contributed by atoms with E-state index in [1.54, 1.807) is 0 Å². The number of nitrogens with zero attached hydrogens (tertiary/aromatic N) is 2. The van der Waals surface area contributed by atoms with Gasteiger partial charge < -0.3 is 4.57 Å². The maximum absolute atomic E-state index is 6.33. The Hall–Kier alpha value is -0.380. The molecule has 1 aliphatic carbocycles. The Labute approximate surface area is 133 Å². The minimum absolute atomic E-state index is 0.113. The molecule has 20 heavy (non-hydrogen) atoms. The molecular formula is C15H18Cl2N2S. The van der Waals surface area contributed by atoms with Gasteiger partial charge in [0.1, 0.15) is 11.3 Å². The summed E-state index contributed by atoms with van der Waals surface area (Å²) in [5.41, 5.74) is 1.97. The first-order chi connectivity index (χ1) is 9.56. The van der Waals surface area contributed by atoms with Crippen molar-refractivity contribution in [2.24, 2.45) is 0 Å². The van der Waals surface area contributed by atoms with Crippen LogP contribution >= 0.6 is 35.0 Å². The van der Waals surface area contributed by atoms with Crippen molar-refractivity contribution < 1.29 is 0 Å². The number of alkyl halides is 1. The Balaban J connectivity index is 2.12. The van der Waals surface area contributed by atoms with Gasteiger partial charge in [0.15, 0.2) is 0 Å². The molecule has 0 N–H and O–H groups in total. The average Bonchev–Trinajstić information content (AvgIpc) is 2.74. The molecule has 0 bridgehead atoms. The summed E-state index contributed by atoms with van der Waals surface area (Å²) in [4.78, 5) is 4.68. The van der Waals surface area contributed by atoms with Crippen LogP contribution in [0.1, 0.15) is 37.4 Å². The summed E-state index contributed by atoms with van der Waals surface area (Å²) in [5.74, 6) is 0.926. The Morgan fingerprint density at radius 1 is 1.45 bits per heavy atom. The molecule has 1 atom stereocenters. The third-order valence-electron chi connectivity index (χ3n) is 4.26. The number of rotatable bonds is 4. The van der Waals surface area contributed by atoms with Gasteiger partial charge in [0.2, 0.25) is 0 Å². The van der Waals surface area contributed by atoms with E-state index < -0.39 is 0 Å². The van der Waals surface area contributed by atoms with Crippen LogP contribution in [0.2, 0.25) is 5.02 Å². The van der Waals surface area contributed by atoms with Crippen molar-refractivity contribution in [3.05, 3.63) is 29.0 Å². The van der Waals surface area contributed by atoms with E-state index in [2.05, 4.69) is 21.9 Å². The van der Waals surface area contributed by atoms with Crippen LogP contribution in [-0.4, -0.2) is 20.6 Å². The molecule has 1 fully saturated rings. The van der Waals surface area contributed by atoms with Crippen LogP contribution in [0, 0.1) is 0 Å². The molecule has 0 radical (unpaired) electrons. The van der Waals surface area contributed by atoms with Crippen molar-refractivity contribution >= 4 is 46.0 Å². The Morgan fingerprint density at radius 2 is 2.20 bits per heavy atom. The number of benzene rings is 1. The van der Waals surface area contributed by atoms with E-state index in [9.17, 15) is 0 Å². The zero-order valence-corrected chi connectivity index (χ0v) is 14.0. The van der Waals surface area contributed by atoms with E-state index in [1.165, 1.54) is 19.3 Å².